The molecular formula is C12H12N2O5S. The van der Waals surface area contributed by atoms with E-state index in [2.05, 4.69) is 5.32 Å². The Balaban J connectivity index is 2.03. The van der Waals surface area contributed by atoms with Crippen LogP contribution in [0.3, 0.4) is 0 Å². The molecule has 7 nitrogen and oxygen atoms in total. The fraction of sp³-hybridized carbons (Fsp3) is 0.250. The second-order valence-corrected chi connectivity index (χ2v) is 6.33. The lowest BCUT2D eigenvalue weighted by Crippen LogP contribution is -2.36. The first-order chi connectivity index (χ1) is 9.37. The summed E-state index contributed by atoms with van der Waals surface area (Å²) < 4.78 is 22.4. The molecule has 1 aromatic rings. The number of nitrogens with zero attached hydrogens (tertiary/aromatic N) is 1. The van der Waals surface area contributed by atoms with Gasteiger partial charge in [-0.25, -0.2) is 8.42 Å². The highest BCUT2D eigenvalue weighted by Crippen LogP contribution is 2.18. The van der Waals surface area contributed by atoms with E-state index in [-0.39, 0.29) is 17.9 Å². The van der Waals surface area contributed by atoms with Gasteiger partial charge in [0.1, 0.15) is 0 Å². The van der Waals surface area contributed by atoms with Gasteiger partial charge in [-0.2, -0.15) is 0 Å². The van der Waals surface area contributed by atoms with Crippen LogP contribution in [0, 0.1) is 10.1 Å². The van der Waals surface area contributed by atoms with Crippen molar-refractivity contribution < 1.29 is 18.1 Å². The molecule has 1 aliphatic heterocycles. The first-order valence-electron chi connectivity index (χ1n) is 5.80. The number of benzene rings is 1. The molecule has 1 aliphatic rings. The van der Waals surface area contributed by atoms with Crippen molar-refractivity contribution in [3.05, 3.63) is 51.4 Å². The topological polar surface area (TPSA) is 106 Å². The number of para-hydroxylation sites is 1. The van der Waals surface area contributed by atoms with Gasteiger partial charge in [0.05, 0.1) is 23.1 Å². The Kier molecular flexibility index (Phi) is 3.84. The summed E-state index contributed by atoms with van der Waals surface area (Å²) in [6, 6.07) is 5.37. The lowest BCUT2D eigenvalue weighted by atomic mass is 10.1. The van der Waals surface area contributed by atoms with E-state index in [4.69, 9.17) is 0 Å². The Morgan fingerprint density at radius 3 is 2.70 bits per heavy atom. The lowest BCUT2D eigenvalue weighted by molar-refractivity contribution is -0.385. The summed E-state index contributed by atoms with van der Waals surface area (Å²) in [4.78, 5) is 22.1. The molecule has 0 radical (unpaired) electrons. The van der Waals surface area contributed by atoms with E-state index >= 15 is 0 Å². The van der Waals surface area contributed by atoms with Crippen molar-refractivity contribution in [1.29, 1.82) is 0 Å². The van der Waals surface area contributed by atoms with Gasteiger partial charge in [-0.05, 0) is 6.08 Å². The third-order valence-corrected chi connectivity index (χ3v) is 4.21. The molecule has 2 rings (SSSR count). The maximum atomic E-state index is 11.8. The van der Waals surface area contributed by atoms with E-state index in [0.717, 1.165) is 5.41 Å². The summed E-state index contributed by atoms with van der Waals surface area (Å²) in [7, 11) is -3.24. The summed E-state index contributed by atoms with van der Waals surface area (Å²) in [5.74, 6) is -0.624. The maximum Gasteiger partial charge on any atom is 0.273 e. The molecule has 0 aliphatic carbocycles. The quantitative estimate of drug-likeness (QED) is 0.645. The first kappa shape index (κ1) is 14.2. The van der Waals surface area contributed by atoms with Gasteiger partial charge >= 0.3 is 0 Å². The maximum absolute atomic E-state index is 11.8. The number of nitrogens with one attached hydrogen (secondary N) is 1. The van der Waals surface area contributed by atoms with Crippen LogP contribution < -0.4 is 5.32 Å². The number of rotatable bonds is 4. The third kappa shape index (κ3) is 3.41. The van der Waals surface area contributed by atoms with Gasteiger partial charge in [-0.3, -0.25) is 14.9 Å². The number of hydrogen-bond acceptors (Lipinski definition) is 5. The molecule has 1 aromatic carbocycles. The number of sulfone groups is 1. The van der Waals surface area contributed by atoms with Gasteiger partial charge in [0.25, 0.3) is 5.69 Å². The molecule has 1 N–H and O–H groups in total. The van der Waals surface area contributed by atoms with Gasteiger partial charge < -0.3 is 5.32 Å². The number of carbonyl (C=O) groups is 1. The Labute approximate surface area is 115 Å². The van der Waals surface area contributed by atoms with Crippen LogP contribution in [-0.2, 0) is 21.1 Å². The molecule has 0 spiro atoms. The van der Waals surface area contributed by atoms with Crippen LogP contribution in [0.5, 0.6) is 0 Å². The zero-order valence-corrected chi connectivity index (χ0v) is 11.2. The van der Waals surface area contributed by atoms with Gasteiger partial charge in [0, 0.05) is 17.0 Å². The van der Waals surface area contributed by atoms with Crippen molar-refractivity contribution >= 4 is 21.4 Å². The third-order valence-electron chi connectivity index (χ3n) is 2.82. The van der Waals surface area contributed by atoms with Crippen LogP contribution in [0.25, 0.3) is 0 Å². The summed E-state index contributed by atoms with van der Waals surface area (Å²) in [6.07, 6.45) is 1.23. The molecule has 0 bridgehead atoms. The first-order valence-corrected chi connectivity index (χ1v) is 7.51. The largest absolute Gasteiger partial charge is 0.349 e. The van der Waals surface area contributed by atoms with Crippen LogP contribution in [0.4, 0.5) is 5.69 Å². The molecule has 0 saturated carbocycles. The Hall–Kier alpha value is -2.22. The van der Waals surface area contributed by atoms with E-state index in [1.807, 2.05) is 0 Å². The molecular weight excluding hydrogens is 284 g/mol. The fourth-order valence-electron chi connectivity index (χ4n) is 1.93. The summed E-state index contributed by atoms with van der Waals surface area (Å²) in [6.45, 7) is 0. The van der Waals surface area contributed by atoms with Crippen molar-refractivity contribution in [2.45, 2.75) is 12.5 Å². The average molecular weight is 296 g/mol. The highest BCUT2D eigenvalue weighted by molar-refractivity contribution is 7.94. The molecule has 20 heavy (non-hydrogen) atoms. The number of nitro groups is 1. The smallest absolute Gasteiger partial charge is 0.273 e. The Morgan fingerprint density at radius 1 is 1.40 bits per heavy atom. The minimum atomic E-state index is -3.24. The van der Waals surface area contributed by atoms with Gasteiger partial charge in [0.15, 0.2) is 9.84 Å². The van der Waals surface area contributed by atoms with E-state index in [0.29, 0.717) is 5.56 Å². The molecule has 0 fully saturated rings. The van der Waals surface area contributed by atoms with E-state index < -0.39 is 26.7 Å². The van der Waals surface area contributed by atoms with Crippen molar-refractivity contribution in [2.75, 3.05) is 5.75 Å². The highest BCUT2D eigenvalue weighted by atomic mass is 32.2. The molecule has 106 valence electrons. The van der Waals surface area contributed by atoms with Crippen LogP contribution >= 0.6 is 0 Å². The van der Waals surface area contributed by atoms with E-state index in [1.165, 1.54) is 24.3 Å². The number of nitro benzene ring substituents is 1. The Morgan fingerprint density at radius 2 is 2.10 bits per heavy atom. The minimum absolute atomic E-state index is 0.128. The van der Waals surface area contributed by atoms with Crippen molar-refractivity contribution in [1.82, 2.24) is 5.32 Å². The number of hydrogen-bond donors (Lipinski definition) is 1. The second-order valence-electron chi connectivity index (χ2n) is 4.39. The Bertz CT molecular complexity index is 681. The zero-order valence-electron chi connectivity index (χ0n) is 10.4. The molecule has 1 atom stereocenters. The zero-order chi connectivity index (χ0) is 14.8. The SMILES string of the molecule is O=C(Cc1ccccc1[N+](=O)[O-])NC1C=CS(=O)(=O)C1. The predicted molar refractivity (Wildman–Crippen MR) is 71.7 cm³/mol. The molecule has 1 unspecified atom stereocenters. The lowest BCUT2D eigenvalue weighted by Gasteiger charge is -2.10. The number of carbonyl (C=O) groups excluding carboxylic acids is 1. The molecule has 0 saturated heterocycles. The average Bonchev–Trinajstić information content (AvgIpc) is 2.68. The summed E-state index contributed by atoms with van der Waals surface area (Å²) in [5, 5.41) is 14.4. The van der Waals surface area contributed by atoms with Gasteiger partial charge in [0.2, 0.25) is 5.91 Å². The monoisotopic (exact) mass is 296 g/mol. The molecule has 1 amide bonds. The van der Waals surface area contributed by atoms with Crippen LogP contribution in [0.2, 0.25) is 0 Å². The highest BCUT2D eigenvalue weighted by Gasteiger charge is 2.24. The summed E-state index contributed by atoms with van der Waals surface area (Å²) in [5.41, 5.74) is 0.164. The molecule has 1 heterocycles. The van der Waals surface area contributed by atoms with Crippen LogP contribution in [0.1, 0.15) is 5.56 Å². The number of amides is 1. The van der Waals surface area contributed by atoms with Crippen LogP contribution in [0.15, 0.2) is 35.7 Å². The molecule has 0 aromatic heterocycles. The second kappa shape index (κ2) is 5.41. The normalized spacial score (nSPS) is 19.7. The fourth-order valence-corrected chi connectivity index (χ4v) is 3.17. The van der Waals surface area contributed by atoms with Crippen molar-refractivity contribution in [3.8, 4) is 0 Å². The predicted octanol–water partition coefficient (Wildman–Crippen LogP) is 0.564. The standard InChI is InChI=1S/C12H12N2O5S/c15-12(13-10-5-6-20(18,19)8-10)7-9-3-1-2-4-11(9)14(16)17/h1-6,10H,7-8H2,(H,13,15). The van der Waals surface area contributed by atoms with Crippen LogP contribution in [-0.4, -0.2) is 31.0 Å². The van der Waals surface area contributed by atoms with Gasteiger partial charge in [-0.15, -0.1) is 0 Å². The van der Waals surface area contributed by atoms with E-state index in [9.17, 15) is 23.3 Å². The van der Waals surface area contributed by atoms with E-state index in [1.54, 1.807) is 6.07 Å². The summed E-state index contributed by atoms with van der Waals surface area (Å²) >= 11 is 0. The van der Waals surface area contributed by atoms with Crippen molar-refractivity contribution in [3.63, 3.8) is 0 Å². The van der Waals surface area contributed by atoms with Crippen molar-refractivity contribution in [2.24, 2.45) is 0 Å². The van der Waals surface area contributed by atoms with Gasteiger partial charge in [-0.1, -0.05) is 18.2 Å². The minimum Gasteiger partial charge on any atom is -0.349 e. The molecule has 8 heteroatoms.